The number of nitrogens with one attached hydrogen (secondary N) is 1. The number of carbonyl (C=O) groups excluding carboxylic acids is 1. The second-order valence-corrected chi connectivity index (χ2v) is 4.19. The highest BCUT2D eigenvalue weighted by Gasteiger charge is 2.01. The molecule has 2 rings (SSSR count). The van der Waals surface area contributed by atoms with Gasteiger partial charge >= 0.3 is 5.97 Å². The molecule has 0 aliphatic heterocycles. The lowest BCUT2D eigenvalue weighted by Crippen LogP contribution is -2.07. The quantitative estimate of drug-likeness (QED) is 0.818. The van der Waals surface area contributed by atoms with Gasteiger partial charge in [-0.1, -0.05) is 18.2 Å². The van der Waals surface area contributed by atoms with Gasteiger partial charge in [-0.25, -0.2) is 0 Å². The van der Waals surface area contributed by atoms with Crippen molar-refractivity contribution in [1.29, 1.82) is 0 Å². The lowest BCUT2D eigenvalue weighted by molar-refractivity contribution is -0.141. The summed E-state index contributed by atoms with van der Waals surface area (Å²) in [5.74, 6) is 0.458. The Morgan fingerprint density at radius 3 is 2.30 bits per heavy atom. The maximum atomic E-state index is 10.9. The molecule has 0 atom stereocenters. The van der Waals surface area contributed by atoms with Crippen LogP contribution in [0.25, 0.3) is 0 Å². The fraction of sp³-hybridized carbons (Fsp3) is 0.188. The molecule has 20 heavy (non-hydrogen) atoms. The topological polar surface area (TPSA) is 47.6 Å². The maximum absolute atomic E-state index is 10.9. The van der Waals surface area contributed by atoms with Gasteiger partial charge in [0.05, 0.1) is 20.1 Å². The van der Waals surface area contributed by atoms with Gasteiger partial charge in [-0.05, 0) is 36.4 Å². The van der Waals surface area contributed by atoms with Gasteiger partial charge in [0.15, 0.2) is 0 Å². The first kappa shape index (κ1) is 13.9. The third-order valence-corrected chi connectivity index (χ3v) is 2.72. The molecule has 104 valence electrons. The van der Waals surface area contributed by atoms with E-state index in [-0.39, 0.29) is 12.4 Å². The molecule has 0 unspecified atom stereocenters. The zero-order chi connectivity index (χ0) is 14.2. The number of anilines is 2. The predicted molar refractivity (Wildman–Crippen MR) is 78.3 cm³/mol. The lowest BCUT2D eigenvalue weighted by Gasteiger charge is -2.08. The first-order chi connectivity index (χ1) is 9.78. The van der Waals surface area contributed by atoms with E-state index in [2.05, 4.69) is 10.1 Å². The first-order valence-electron chi connectivity index (χ1n) is 6.39. The Labute approximate surface area is 118 Å². The second-order valence-electron chi connectivity index (χ2n) is 4.19. The molecule has 0 saturated carbocycles. The summed E-state index contributed by atoms with van der Waals surface area (Å²) in [6.45, 7) is 0.318. The molecular weight excluding hydrogens is 254 g/mol. The molecule has 1 N–H and O–H groups in total. The molecule has 0 bridgehead atoms. The minimum atomic E-state index is -0.271. The van der Waals surface area contributed by atoms with Crippen molar-refractivity contribution < 1.29 is 14.3 Å². The van der Waals surface area contributed by atoms with Crippen LogP contribution in [0.1, 0.15) is 6.42 Å². The summed E-state index contributed by atoms with van der Waals surface area (Å²) < 4.78 is 10.00. The molecular formula is C16H17NO3. The van der Waals surface area contributed by atoms with E-state index in [9.17, 15) is 4.79 Å². The first-order valence-corrected chi connectivity index (χ1v) is 6.39. The highest BCUT2D eigenvalue weighted by molar-refractivity contribution is 5.69. The van der Waals surface area contributed by atoms with Crippen molar-refractivity contribution in [2.45, 2.75) is 6.42 Å². The Morgan fingerprint density at radius 2 is 1.65 bits per heavy atom. The Kier molecular flexibility index (Phi) is 5.00. The van der Waals surface area contributed by atoms with Gasteiger partial charge in [-0.15, -0.1) is 0 Å². The molecule has 4 heteroatoms. The largest absolute Gasteiger partial charge is 0.493 e. The standard InChI is InChI=1S/C16H17NO3/c1-19-16(18)11-12-20-15-9-7-14(8-10-15)17-13-5-3-2-4-6-13/h2-10,17H,11-12H2,1H3. The molecule has 0 amide bonds. The van der Waals surface area contributed by atoms with Crippen molar-refractivity contribution in [3.05, 3.63) is 54.6 Å². The number of esters is 1. The summed E-state index contributed by atoms with van der Waals surface area (Å²) in [6.07, 6.45) is 0.251. The van der Waals surface area contributed by atoms with Gasteiger partial charge in [0, 0.05) is 11.4 Å². The van der Waals surface area contributed by atoms with Gasteiger partial charge < -0.3 is 14.8 Å². The average Bonchev–Trinajstić information content (AvgIpc) is 2.50. The van der Waals surface area contributed by atoms with E-state index in [4.69, 9.17) is 4.74 Å². The molecule has 0 saturated heterocycles. The molecule has 0 heterocycles. The second kappa shape index (κ2) is 7.19. The Morgan fingerprint density at radius 1 is 1.00 bits per heavy atom. The van der Waals surface area contributed by atoms with Crippen molar-refractivity contribution >= 4 is 17.3 Å². The zero-order valence-corrected chi connectivity index (χ0v) is 11.3. The van der Waals surface area contributed by atoms with Crippen molar-refractivity contribution in [2.75, 3.05) is 19.0 Å². The molecule has 0 aromatic heterocycles. The SMILES string of the molecule is COC(=O)CCOc1ccc(Nc2ccccc2)cc1. The molecule has 0 aliphatic rings. The summed E-state index contributed by atoms with van der Waals surface area (Å²) >= 11 is 0. The fourth-order valence-corrected chi connectivity index (χ4v) is 1.68. The van der Waals surface area contributed by atoms with Crippen molar-refractivity contribution in [3.8, 4) is 5.75 Å². The van der Waals surface area contributed by atoms with Crippen LogP contribution >= 0.6 is 0 Å². The molecule has 0 spiro atoms. The highest BCUT2D eigenvalue weighted by atomic mass is 16.5. The van der Waals surface area contributed by atoms with E-state index in [1.54, 1.807) is 0 Å². The summed E-state index contributed by atoms with van der Waals surface area (Å²) in [6, 6.07) is 17.5. The van der Waals surface area contributed by atoms with Gasteiger partial charge in [0.1, 0.15) is 5.75 Å². The smallest absolute Gasteiger partial charge is 0.308 e. The van der Waals surface area contributed by atoms with Gasteiger partial charge in [0.2, 0.25) is 0 Å². The summed E-state index contributed by atoms with van der Waals surface area (Å²) in [5, 5.41) is 3.28. The molecule has 0 aliphatic carbocycles. The molecule has 2 aromatic rings. The minimum absolute atomic E-state index is 0.251. The number of methoxy groups -OCH3 is 1. The van der Waals surface area contributed by atoms with Crippen LogP contribution in [-0.4, -0.2) is 19.7 Å². The average molecular weight is 271 g/mol. The van der Waals surface area contributed by atoms with E-state index in [1.165, 1.54) is 7.11 Å². The number of para-hydroxylation sites is 1. The van der Waals surface area contributed by atoms with E-state index in [0.29, 0.717) is 6.61 Å². The van der Waals surface area contributed by atoms with Crippen LogP contribution in [0.15, 0.2) is 54.6 Å². The van der Waals surface area contributed by atoms with Crippen LogP contribution < -0.4 is 10.1 Å². The summed E-state index contributed by atoms with van der Waals surface area (Å²) in [7, 11) is 1.37. The number of carbonyl (C=O) groups is 1. The number of hydrogen-bond donors (Lipinski definition) is 1. The number of rotatable bonds is 6. The normalized spacial score (nSPS) is 9.85. The number of hydrogen-bond acceptors (Lipinski definition) is 4. The molecule has 4 nitrogen and oxygen atoms in total. The number of benzene rings is 2. The zero-order valence-electron chi connectivity index (χ0n) is 11.3. The third kappa shape index (κ3) is 4.31. The van der Waals surface area contributed by atoms with Crippen molar-refractivity contribution in [1.82, 2.24) is 0 Å². The van der Waals surface area contributed by atoms with E-state index in [1.807, 2.05) is 54.6 Å². The van der Waals surface area contributed by atoms with Gasteiger partial charge in [-0.3, -0.25) is 4.79 Å². The van der Waals surface area contributed by atoms with Crippen LogP contribution in [0, 0.1) is 0 Å². The summed E-state index contributed by atoms with van der Waals surface area (Å²) in [5.41, 5.74) is 2.02. The monoisotopic (exact) mass is 271 g/mol. The molecule has 2 aromatic carbocycles. The third-order valence-electron chi connectivity index (χ3n) is 2.72. The lowest BCUT2D eigenvalue weighted by atomic mass is 10.2. The van der Waals surface area contributed by atoms with Crippen molar-refractivity contribution in [2.24, 2.45) is 0 Å². The molecule has 0 fully saturated rings. The number of ether oxygens (including phenoxy) is 2. The fourth-order valence-electron chi connectivity index (χ4n) is 1.68. The maximum Gasteiger partial charge on any atom is 0.308 e. The van der Waals surface area contributed by atoms with Crippen LogP contribution in [0.3, 0.4) is 0 Å². The van der Waals surface area contributed by atoms with Crippen LogP contribution in [0.4, 0.5) is 11.4 Å². The Bertz CT molecular complexity index is 537. The van der Waals surface area contributed by atoms with Crippen molar-refractivity contribution in [3.63, 3.8) is 0 Å². The van der Waals surface area contributed by atoms with Crippen LogP contribution in [-0.2, 0) is 9.53 Å². The van der Waals surface area contributed by atoms with E-state index >= 15 is 0 Å². The van der Waals surface area contributed by atoms with Crippen LogP contribution in [0.2, 0.25) is 0 Å². The Balaban J connectivity index is 1.85. The van der Waals surface area contributed by atoms with Gasteiger partial charge in [0.25, 0.3) is 0 Å². The minimum Gasteiger partial charge on any atom is -0.493 e. The van der Waals surface area contributed by atoms with E-state index in [0.717, 1.165) is 17.1 Å². The van der Waals surface area contributed by atoms with Gasteiger partial charge in [-0.2, -0.15) is 0 Å². The Hall–Kier alpha value is -2.49. The van der Waals surface area contributed by atoms with E-state index < -0.39 is 0 Å². The predicted octanol–water partition coefficient (Wildman–Crippen LogP) is 3.37. The van der Waals surface area contributed by atoms with Crippen LogP contribution in [0.5, 0.6) is 5.75 Å². The highest BCUT2D eigenvalue weighted by Crippen LogP contribution is 2.19. The molecule has 0 radical (unpaired) electrons. The summed E-state index contributed by atoms with van der Waals surface area (Å²) in [4.78, 5) is 10.9.